The van der Waals surface area contributed by atoms with E-state index in [1.807, 2.05) is 36.4 Å². The lowest BCUT2D eigenvalue weighted by Gasteiger charge is -2.00. The standard InChI is InChI=1S/C16H14N6O3S/c1-23-12-6-4-11(5-7-12)15-17-14(19-25-15)10-26-16-18-20-21-22(16)9-13-3-2-8-24-13/h2-8H,9-10H2,1H3. The van der Waals surface area contributed by atoms with Crippen molar-refractivity contribution in [1.29, 1.82) is 0 Å². The van der Waals surface area contributed by atoms with Crippen molar-refractivity contribution in [3.8, 4) is 17.2 Å². The maximum absolute atomic E-state index is 5.32. The zero-order chi connectivity index (χ0) is 17.8. The van der Waals surface area contributed by atoms with Gasteiger partial charge in [-0.2, -0.15) is 4.98 Å². The van der Waals surface area contributed by atoms with E-state index in [1.165, 1.54) is 11.8 Å². The first kappa shape index (κ1) is 16.3. The van der Waals surface area contributed by atoms with Crippen molar-refractivity contribution in [3.05, 3.63) is 54.2 Å². The number of tetrazole rings is 1. The van der Waals surface area contributed by atoms with Gasteiger partial charge in [0.05, 0.1) is 19.1 Å². The van der Waals surface area contributed by atoms with Crippen molar-refractivity contribution < 1.29 is 13.7 Å². The van der Waals surface area contributed by atoms with Gasteiger partial charge in [-0.05, 0) is 46.8 Å². The van der Waals surface area contributed by atoms with E-state index in [4.69, 9.17) is 13.7 Å². The van der Waals surface area contributed by atoms with Gasteiger partial charge in [-0.15, -0.1) is 5.10 Å². The minimum absolute atomic E-state index is 0.457. The van der Waals surface area contributed by atoms with Gasteiger partial charge in [0.2, 0.25) is 5.16 Å². The Bertz CT molecular complexity index is 964. The van der Waals surface area contributed by atoms with Crippen LogP contribution >= 0.6 is 11.8 Å². The van der Waals surface area contributed by atoms with Gasteiger partial charge in [0.15, 0.2) is 5.82 Å². The van der Waals surface area contributed by atoms with E-state index in [9.17, 15) is 0 Å². The van der Waals surface area contributed by atoms with E-state index in [1.54, 1.807) is 18.1 Å². The van der Waals surface area contributed by atoms with Gasteiger partial charge in [-0.3, -0.25) is 0 Å². The Balaban J connectivity index is 1.41. The molecule has 0 unspecified atom stereocenters. The number of hydrogen-bond acceptors (Lipinski definition) is 9. The Morgan fingerprint density at radius 3 is 2.85 bits per heavy atom. The Morgan fingerprint density at radius 1 is 1.19 bits per heavy atom. The van der Waals surface area contributed by atoms with E-state index in [0.717, 1.165) is 17.1 Å². The predicted octanol–water partition coefficient (Wildman–Crippen LogP) is 2.67. The molecule has 0 radical (unpaired) electrons. The summed E-state index contributed by atoms with van der Waals surface area (Å²) < 4.78 is 17.4. The highest BCUT2D eigenvalue weighted by Gasteiger charge is 2.13. The molecule has 9 nitrogen and oxygen atoms in total. The van der Waals surface area contributed by atoms with Crippen LogP contribution in [0.1, 0.15) is 11.6 Å². The van der Waals surface area contributed by atoms with Crippen LogP contribution in [0.5, 0.6) is 5.75 Å². The third-order valence-corrected chi connectivity index (χ3v) is 4.47. The molecule has 0 saturated heterocycles. The number of thioether (sulfide) groups is 1. The molecular formula is C16H14N6O3S. The summed E-state index contributed by atoms with van der Waals surface area (Å²) in [6.45, 7) is 0.464. The van der Waals surface area contributed by atoms with Gasteiger partial charge in [0, 0.05) is 5.56 Å². The molecule has 0 N–H and O–H groups in total. The first-order valence-electron chi connectivity index (χ1n) is 7.70. The van der Waals surface area contributed by atoms with Crippen LogP contribution in [0, 0.1) is 0 Å². The molecule has 3 aromatic heterocycles. The van der Waals surface area contributed by atoms with Crippen LogP contribution in [-0.2, 0) is 12.3 Å². The van der Waals surface area contributed by atoms with E-state index >= 15 is 0 Å². The molecule has 0 spiro atoms. The second-order valence-corrected chi connectivity index (χ2v) is 6.17. The molecule has 4 aromatic rings. The average Bonchev–Trinajstić information content (AvgIpc) is 3.43. The van der Waals surface area contributed by atoms with Crippen molar-refractivity contribution in [2.45, 2.75) is 17.5 Å². The lowest BCUT2D eigenvalue weighted by Crippen LogP contribution is -2.03. The van der Waals surface area contributed by atoms with Crippen LogP contribution in [0.4, 0.5) is 0 Å². The number of hydrogen-bond donors (Lipinski definition) is 0. The largest absolute Gasteiger partial charge is 0.497 e. The fraction of sp³-hybridized carbons (Fsp3) is 0.188. The molecule has 3 heterocycles. The second-order valence-electron chi connectivity index (χ2n) is 5.23. The van der Waals surface area contributed by atoms with E-state index in [0.29, 0.717) is 29.2 Å². The van der Waals surface area contributed by atoms with Crippen LogP contribution in [0.2, 0.25) is 0 Å². The van der Waals surface area contributed by atoms with Gasteiger partial charge in [-0.25, -0.2) is 4.68 Å². The molecule has 0 saturated carbocycles. The maximum atomic E-state index is 5.32. The van der Waals surface area contributed by atoms with Gasteiger partial charge in [-0.1, -0.05) is 16.9 Å². The monoisotopic (exact) mass is 370 g/mol. The highest BCUT2D eigenvalue weighted by atomic mass is 32.2. The molecule has 0 aliphatic rings. The second kappa shape index (κ2) is 7.40. The first-order valence-corrected chi connectivity index (χ1v) is 8.69. The van der Waals surface area contributed by atoms with Crippen molar-refractivity contribution in [2.75, 3.05) is 7.11 Å². The number of aromatic nitrogens is 6. The van der Waals surface area contributed by atoms with Crippen molar-refractivity contribution in [3.63, 3.8) is 0 Å². The smallest absolute Gasteiger partial charge is 0.257 e. The SMILES string of the molecule is COc1ccc(-c2nc(CSc3nnnn3Cc3ccco3)no2)cc1. The number of benzene rings is 1. The van der Waals surface area contributed by atoms with Crippen molar-refractivity contribution >= 4 is 11.8 Å². The lowest BCUT2D eigenvalue weighted by molar-refractivity contribution is 0.414. The molecule has 0 fully saturated rings. The van der Waals surface area contributed by atoms with Crippen LogP contribution in [0.25, 0.3) is 11.5 Å². The predicted molar refractivity (Wildman–Crippen MR) is 91.5 cm³/mol. The lowest BCUT2D eigenvalue weighted by atomic mass is 10.2. The maximum Gasteiger partial charge on any atom is 0.257 e. The topological polar surface area (TPSA) is 105 Å². The Morgan fingerprint density at radius 2 is 2.08 bits per heavy atom. The van der Waals surface area contributed by atoms with Gasteiger partial charge in [0.1, 0.15) is 18.1 Å². The summed E-state index contributed by atoms with van der Waals surface area (Å²) >= 11 is 1.42. The summed E-state index contributed by atoms with van der Waals surface area (Å²) in [5, 5.41) is 16.4. The number of ether oxygens (including phenoxy) is 1. The van der Waals surface area contributed by atoms with Gasteiger partial charge >= 0.3 is 0 Å². The van der Waals surface area contributed by atoms with Gasteiger partial charge in [0.25, 0.3) is 5.89 Å². The molecule has 132 valence electrons. The average molecular weight is 370 g/mol. The Hall–Kier alpha value is -3.14. The highest BCUT2D eigenvalue weighted by Crippen LogP contribution is 2.23. The molecule has 4 rings (SSSR count). The number of rotatable bonds is 7. The fourth-order valence-corrected chi connectivity index (χ4v) is 2.96. The minimum atomic E-state index is 0.457. The Labute approximate surface area is 152 Å². The summed E-state index contributed by atoms with van der Waals surface area (Å²) in [5.74, 6) is 3.05. The molecule has 10 heteroatoms. The molecule has 0 amide bonds. The molecule has 0 aliphatic carbocycles. The van der Waals surface area contributed by atoms with Crippen molar-refractivity contribution in [2.24, 2.45) is 0 Å². The van der Waals surface area contributed by atoms with Crippen LogP contribution in [0.15, 0.2) is 56.8 Å². The van der Waals surface area contributed by atoms with Crippen LogP contribution in [-0.4, -0.2) is 37.5 Å². The molecule has 0 aliphatic heterocycles. The van der Waals surface area contributed by atoms with E-state index in [-0.39, 0.29) is 0 Å². The zero-order valence-electron chi connectivity index (χ0n) is 13.8. The summed E-state index contributed by atoms with van der Waals surface area (Å²) in [4.78, 5) is 4.41. The quantitative estimate of drug-likeness (QED) is 0.454. The highest BCUT2D eigenvalue weighted by molar-refractivity contribution is 7.98. The first-order chi connectivity index (χ1) is 12.8. The fourth-order valence-electron chi connectivity index (χ4n) is 2.24. The number of furan rings is 1. The van der Waals surface area contributed by atoms with Crippen LogP contribution in [0.3, 0.4) is 0 Å². The van der Waals surface area contributed by atoms with E-state index < -0.39 is 0 Å². The molecule has 0 bridgehead atoms. The summed E-state index contributed by atoms with van der Waals surface area (Å²) in [7, 11) is 1.62. The molecular weight excluding hydrogens is 356 g/mol. The normalized spacial score (nSPS) is 11.0. The summed E-state index contributed by atoms with van der Waals surface area (Å²) in [5.41, 5.74) is 0.831. The minimum Gasteiger partial charge on any atom is -0.497 e. The Kier molecular flexibility index (Phi) is 4.65. The van der Waals surface area contributed by atoms with Gasteiger partial charge < -0.3 is 13.7 Å². The summed E-state index contributed by atoms with van der Waals surface area (Å²) in [6.07, 6.45) is 1.62. The zero-order valence-corrected chi connectivity index (χ0v) is 14.6. The molecule has 26 heavy (non-hydrogen) atoms. The van der Waals surface area contributed by atoms with Crippen molar-refractivity contribution in [1.82, 2.24) is 30.3 Å². The van der Waals surface area contributed by atoms with E-state index in [2.05, 4.69) is 25.7 Å². The number of nitrogens with zero attached hydrogens (tertiary/aromatic N) is 6. The third-order valence-electron chi connectivity index (χ3n) is 3.52. The number of methoxy groups -OCH3 is 1. The van der Waals surface area contributed by atoms with Crippen LogP contribution < -0.4 is 4.74 Å². The summed E-state index contributed by atoms with van der Waals surface area (Å²) in [6, 6.07) is 11.1. The molecule has 0 atom stereocenters. The molecule has 1 aromatic carbocycles. The third kappa shape index (κ3) is 3.59.